The quantitative estimate of drug-likeness (QED) is 0.806. The van der Waals surface area contributed by atoms with Gasteiger partial charge < -0.3 is 15.0 Å². The zero-order valence-corrected chi connectivity index (χ0v) is 12.4. The molecular weight excluding hydrogens is 268 g/mol. The van der Waals surface area contributed by atoms with Gasteiger partial charge in [0.1, 0.15) is 5.75 Å². The van der Waals surface area contributed by atoms with Crippen LogP contribution in [0.15, 0.2) is 24.3 Å². The summed E-state index contributed by atoms with van der Waals surface area (Å²) in [5, 5.41) is 3.20. The standard InChI is InChI=1S/C16H22N2O3/c1-2-21-14-5-3-13(4-6-14)15(19)7-8-16(20)18-11-9-17-10-12-18/h3-6,17H,2,7-12H2,1H3. The summed E-state index contributed by atoms with van der Waals surface area (Å²) in [5.74, 6) is 0.822. The van der Waals surface area contributed by atoms with E-state index in [9.17, 15) is 9.59 Å². The maximum atomic E-state index is 12.1. The molecule has 0 aromatic heterocycles. The average Bonchev–Trinajstić information content (AvgIpc) is 2.54. The highest BCUT2D eigenvalue weighted by Gasteiger charge is 2.17. The molecule has 0 aliphatic carbocycles. The summed E-state index contributed by atoms with van der Waals surface area (Å²) in [5.41, 5.74) is 0.631. The minimum atomic E-state index is 0.00142. The van der Waals surface area contributed by atoms with Gasteiger partial charge in [-0.05, 0) is 31.2 Å². The van der Waals surface area contributed by atoms with Gasteiger partial charge in [-0.3, -0.25) is 9.59 Å². The molecule has 0 atom stereocenters. The number of carbonyl (C=O) groups excluding carboxylic acids is 2. The Kier molecular flexibility index (Phi) is 5.75. The third-order valence-corrected chi connectivity index (χ3v) is 3.52. The molecule has 0 spiro atoms. The highest BCUT2D eigenvalue weighted by molar-refractivity contribution is 5.98. The molecule has 1 fully saturated rings. The molecule has 1 N–H and O–H groups in total. The zero-order chi connectivity index (χ0) is 15.1. The first-order valence-electron chi connectivity index (χ1n) is 7.45. The number of hydrogen-bond donors (Lipinski definition) is 1. The Morgan fingerprint density at radius 1 is 1.14 bits per heavy atom. The van der Waals surface area contributed by atoms with Crippen LogP contribution in [0.25, 0.3) is 0 Å². The second-order valence-corrected chi connectivity index (χ2v) is 5.01. The van der Waals surface area contributed by atoms with Gasteiger partial charge in [0.05, 0.1) is 6.61 Å². The van der Waals surface area contributed by atoms with Gasteiger partial charge >= 0.3 is 0 Å². The normalized spacial score (nSPS) is 14.8. The molecule has 1 saturated heterocycles. The summed E-state index contributed by atoms with van der Waals surface area (Å²) in [7, 11) is 0. The van der Waals surface area contributed by atoms with E-state index in [0.717, 1.165) is 31.9 Å². The Morgan fingerprint density at radius 3 is 2.43 bits per heavy atom. The second-order valence-electron chi connectivity index (χ2n) is 5.01. The largest absolute Gasteiger partial charge is 0.494 e. The van der Waals surface area contributed by atoms with Gasteiger partial charge in [-0.25, -0.2) is 0 Å². The molecule has 0 saturated carbocycles. The Labute approximate surface area is 125 Å². The number of benzene rings is 1. The van der Waals surface area contributed by atoms with Gasteiger partial charge in [0.25, 0.3) is 0 Å². The highest BCUT2D eigenvalue weighted by atomic mass is 16.5. The Bertz CT molecular complexity index is 479. The van der Waals surface area contributed by atoms with Crippen molar-refractivity contribution < 1.29 is 14.3 Å². The minimum absolute atomic E-state index is 0.00142. The van der Waals surface area contributed by atoms with Crippen LogP contribution in [-0.2, 0) is 4.79 Å². The van der Waals surface area contributed by atoms with Crippen molar-refractivity contribution in [2.24, 2.45) is 0 Å². The van der Waals surface area contributed by atoms with E-state index in [0.29, 0.717) is 12.2 Å². The molecule has 1 aromatic carbocycles. The molecule has 5 heteroatoms. The van der Waals surface area contributed by atoms with Crippen molar-refractivity contribution in [3.8, 4) is 5.75 Å². The molecule has 21 heavy (non-hydrogen) atoms. The van der Waals surface area contributed by atoms with Gasteiger partial charge in [-0.15, -0.1) is 0 Å². The first-order valence-corrected chi connectivity index (χ1v) is 7.45. The molecule has 1 aromatic rings. The fourth-order valence-electron chi connectivity index (χ4n) is 2.34. The van der Waals surface area contributed by atoms with Crippen molar-refractivity contribution in [3.63, 3.8) is 0 Å². The number of amides is 1. The van der Waals surface area contributed by atoms with Crippen LogP contribution in [0.1, 0.15) is 30.1 Å². The van der Waals surface area contributed by atoms with E-state index < -0.39 is 0 Å². The summed E-state index contributed by atoms with van der Waals surface area (Å²) in [6, 6.07) is 7.08. The number of ether oxygens (including phenoxy) is 1. The van der Waals surface area contributed by atoms with E-state index in [2.05, 4.69) is 5.32 Å². The monoisotopic (exact) mass is 290 g/mol. The molecule has 0 bridgehead atoms. The lowest BCUT2D eigenvalue weighted by molar-refractivity contribution is -0.131. The molecule has 1 aliphatic rings. The third-order valence-electron chi connectivity index (χ3n) is 3.52. The van der Waals surface area contributed by atoms with Gasteiger partial charge in [0, 0.05) is 44.6 Å². The van der Waals surface area contributed by atoms with Gasteiger partial charge in [0.15, 0.2) is 5.78 Å². The predicted molar refractivity (Wildman–Crippen MR) is 80.6 cm³/mol. The van der Waals surface area contributed by atoms with Gasteiger partial charge in [-0.1, -0.05) is 0 Å². The molecule has 1 amide bonds. The highest BCUT2D eigenvalue weighted by Crippen LogP contribution is 2.14. The molecule has 2 rings (SSSR count). The molecule has 114 valence electrons. The number of hydrogen-bond acceptors (Lipinski definition) is 4. The zero-order valence-electron chi connectivity index (χ0n) is 12.4. The van der Waals surface area contributed by atoms with Crippen molar-refractivity contribution in [1.29, 1.82) is 0 Å². The molecule has 0 unspecified atom stereocenters. The molecular formula is C16H22N2O3. The minimum Gasteiger partial charge on any atom is -0.494 e. The van der Waals surface area contributed by atoms with E-state index >= 15 is 0 Å². The van der Waals surface area contributed by atoms with E-state index in [1.807, 2.05) is 11.8 Å². The Morgan fingerprint density at radius 2 is 1.81 bits per heavy atom. The number of nitrogens with zero attached hydrogens (tertiary/aromatic N) is 1. The maximum Gasteiger partial charge on any atom is 0.223 e. The van der Waals surface area contributed by atoms with Gasteiger partial charge in [-0.2, -0.15) is 0 Å². The Hall–Kier alpha value is -1.88. The number of ketones is 1. The van der Waals surface area contributed by atoms with Crippen molar-refractivity contribution in [2.75, 3.05) is 32.8 Å². The second kappa shape index (κ2) is 7.78. The van der Waals surface area contributed by atoms with Crippen LogP contribution >= 0.6 is 0 Å². The van der Waals surface area contributed by atoms with E-state index in [-0.39, 0.29) is 24.5 Å². The van der Waals surface area contributed by atoms with E-state index in [1.54, 1.807) is 24.3 Å². The van der Waals surface area contributed by atoms with Gasteiger partial charge in [0.2, 0.25) is 5.91 Å². The first-order chi connectivity index (χ1) is 10.2. The molecule has 0 radical (unpaired) electrons. The lowest BCUT2D eigenvalue weighted by Crippen LogP contribution is -2.46. The topological polar surface area (TPSA) is 58.6 Å². The van der Waals surface area contributed by atoms with Crippen molar-refractivity contribution >= 4 is 11.7 Å². The Balaban J connectivity index is 1.82. The number of nitrogens with one attached hydrogen (secondary N) is 1. The van der Waals surface area contributed by atoms with Crippen LogP contribution in [0.3, 0.4) is 0 Å². The molecule has 5 nitrogen and oxygen atoms in total. The maximum absolute atomic E-state index is 12.1. The SMILES string of the molecule is CCOc1ccc(C(=O)CCC(=O)N2CCNCC2)cc1. The summed E-state index contributed by atoms with van der Waals surface area (Å²) in [6.07, 6.45) is 0.544. The fraction of sp³-hybridized carbons (Fsp3) is 0.500. The lowest BCUT2D eigenvalue weighted by atomic mass is 10.1. The smallest absolute Gasteiger partial charge is 0.223 e. The van der Waals surface area contributed by atoms with E-state index in [4.69, 9.17) is 4.74 Å². The van der Waals surface area contributed by atoms with Crippen LogP contribution in [0.2, 0.25) is 0 Å². The summed E-state index contributed by atoms with van der Waals surface area (Å²) < 4.78 is 5.34. The van der Waals surface area contributed by atoms with Crippen LogP contribution in [0.5, 0.6) is 5.75 Å². The fourth-order valence-corrected chi connectivity index (χ4v) is 2.34. The van der Waals surface area contributed by atoms with Crippen molar-refractivity contribution in [2.45, 2.75) is 19.8 Å². The molecule has 1 heterocycles. The van der Waals surface area contributed by atoms with Crippen LogP contribution in [0, 0.1) is 0 Å². The number of Topliss-reactive ketones (excluding diaryl/α,β-unsaturated/α-hetero) is 1. The number of piperazine rings is 1. The van der Waals surface area contributed by atoms with Crippen LogP contribution in [0.4, 0.5) is 0 Å². The summed E-state index contributed by atoms with van der Waals surface area (Å²) in [4.78, 5) is 25.9. The summed E-state index contributed by atoms with van der Waals surface area (Å²) >= 11 is 0. The lowest BCUT2D eigenvalue weighted by Gasteiger charge is -2.27. The molecule has 1 aliphatic heterocycles. The van der Waals surface area contributed by atoms with Crippen molar-refractivity contribution in [3.05, 3.63) is 29.8 Å². The first kappa shape index (κ1) is 15.5. The predicted octanol–water partition coefficient (Wildman–Crippen LogP) is 1.48. The number of rotatable bonds is 6. The third kappa shape index (κ3) is 4.56. The average molecular weight is 290 g/mol. The van der Waals surface area contributed by atoms with Crippen LogP contribution < -0.4 is 10.1 Å². The summed E-state index contributed by atoms with van der Waals surface area (Å²) in [6.45, 7) is 5.65. The van der Waals surface area contributed by atoms with Crippen LogP contribution in [-0.4, -0.2) is 49.4 Å². The van der Waals surface area contributed by atoms with Crippen molar-refractivity contribution in [1.82, 2.24) is 10.2 Å². The number of carbonyl (C=O) groups is 2. The van der Waals surface area contributed by atoms with E-state index in [1.165, 1.54) is 0 Å².